The lowest BCUT2D eigenvalue weighted by molar-refractivity contribution is -0.121. The summed E-state index contributed by atoms with van der Waals surface area (Å²) in [5.41, 5.74) is 6.40. The van der Waals surface area contributed by atoms with Crippen LogP contribution in [0.15, 0.2) is 103 Å². The third kappa shape index (κ3) is 6.23. The lowest BCUT2D eigenvalue weighted by Gasteiger charge is -2.33. The standard InChI is InChI=1S/C35H32N8O2S/c1-2-41-16-17-42(31(45)23-41)28-13-7-12-27(22-28)38-34-36-15-14-29(39-34)33-32(40-35-43(33)18-19-46-35)25-10-6-11-26(21-25)37-30(44)20-24-8-4-3-5-9-24/h3-15,18-19,21-22H,2,16-17,20,23H2,1H3,(H,37,44)(H,36,38,39). The molecule has 10 nitrogen and oxygen atoms in total. The van der Waals surface area contributed by atoms with Crippen molar-refractivity contribution in [1.82, 2.24) is 24.3 Å². The minimum Gasteiger partial charge on any atom is -0.326 e. The largest absolute Gasteiger partial charge is 0.326 e. The summed E-state index contributed by atoms with van der Waals surface area (Å²) in [4.78, 5) is 44.7. The van der Waals surface area contributed by atoms with E-state index in [1.54, 1.807) is 6.20 Å². The van der Waals surface area contributed by atoms with Gasteiger partial charge in [-0.05, 0) is 48.5 Å². The first-order valence-corrected chi connectivity index (χ1v) is 16.0. The van der Waals surface area contributed by atoms with Crippen LogP contribution in [-0.2, 0) is 16.0 Å². The Labute approximate surface area is 270 Å². The number of anilines is 4. The molecule has 11 heteroatoms. The Bertz CT molecular complexity index is 2020. The molecular formula is C35H32N8O2S. The molecule has 0 bridgehead atoms. The first-order chi connectivity index (χ1) is 22.5. The number of fused-ring (bicyclic) bond motifs is 1. The van der Waals surface area contributed by atoms with E-state index in [4.69, 9.17) is 9.97 Å². The summed E-state index contributed by atoms with van der Waals surface area (Å²) >= 11 is 1.54. The minimum atomic E-state index is -0.0856. The van der Waals surface area contributed by atoms with Crippen LogP contribution < -0.4 is 15.5 Å². The van der Waals surface area contributed by atoms with Gasteiger partial charge in [0.2, 0.25) is 17.8 Å². The first-order valence-electron chi connectivity index (χ1n) is 15.2. The van der Waals surface area contributed by atoms with Crippen LogP contribution in [0.2, 0.25) is 0 Å². The molecule has 0 saturated carbocycles. The highest BCUT2D eigenvalue weighted by molar-refractivity contribution is 7.15. The molecular weight excluding hydrogens is 597 g/mol. The van der Waals surface area contributed by atoms with Crippen LogP contribution in [0.3, 0.4) is 0 Å². The molecule has 2 N–H and O–H groups in total. The average Bonchev–Trinajstić information content (AvgIpc) is 3.67. The third-order valence-corrected chi connectivity index (χ3v) is 8.71. The summed E-state index contributed by atoms with van der Waals surface area (Å²) in [5, 5.41) is 8.34. The van der Waals surface area contributed by atoms with Gasteiger partial charge in [-0.2, -0.15) is 0 Å². The highest BCUT2D eigenvalue weighted by atomic mass is 32.1. The number of rotatable bonds is 9. The predicted molar refractivity (Wildman–Crippen MR) is 182 cm³/mol. The number of carbonyl (C=O) groups is 2. The highest BCUT2D eigenvalue weighted by Gasteiger charge is 2.24. The molecule has 6 aromatic rings. The molecule has 0 aliphatic carbocycles. The zero-order valence-corrected chi connectivity index (χ0v) is 26.1. The van der Waals surface area contributed by atoms with Crippen LogP contribution in [0.1, 0.15) is 12.5 Å². The lowest BCUT2D eigenvalue weighted by Crippen LogP contribution is -2.50. The quantitative estimate of drug-likeness (QED) is 0.199. The molecule has 230 valence electrons. The summed E-state index contributed by atoms with van der Waals surface area (Å²) in [6.07, 6.45) is 3.99. The molecule has 4 heterocycles. The summed E-state index contributed by atoms with van der Waals surface area (Å²) < 4.78 is 2.02. The lowest BCUT2D eigenvalue weighted by atomic mass is 10.1. The second-order valence-electron chi connectivity index (χ2n) is 11.0. The topological polar surface area (TPSA) is 108 Å². The Hall–Kier alpha value is -5.39. The molecule has 0 atom stereocenters. The molecule has 0 spiro atoms. The molecule has 7 rings (SSSR count). The fourth-order valence-electron chi connectivity index (χ4n) is 5.66. The number of carbonyl (C=O) groups excluding carboxylic acids is 2. The Morgan fingerprint density at radius 3 is 2.63 bits per heavy atom. The predicted octanol–water partition coefficient (Wildman–Crippen LogP) is 6.11. The summed E-state index contributed by atoms with van der Waals surface area (Å²) in [6.45, 7) is 4.86. The van der Waals surface area contributed by atoms with Crippen LogP contribution in [0.4, 0.5) is 23.0 Å². The second-order valence-corrected chi connectivity index (χ2v) is 11.9. The monoisotopic (exact) mass is 628 g/mol. The summed E-state index contributed by atoms with van der Waals surface area (Å²) in [7, 11) is 0. The number of benzene rings is 3. The molecule has 2 amide bonds. The number of piperazine rings is 1. The molecule has 3 aromatic heterocycles. The molecule has 3 aromatic carbocycles. The zero-order valence-electron chi connectivity index (χ0n) is 25.3. The Kier molecular flexibility index (Phi) is 8.24. The highest BCUT2D eigenvalue weighted by Crippen LogP contribution is 2.35. The zero-order chi connectivity index (χ0) is 31.5. The summed E-state index contributed by atoms with van der Waals surface area (Å²) in [6, 6.07) is 27.0. The van der Waals surface area contributed by atoms with Crippen molar-refractivity contribution >= 4 is 51.1 Å². The normalized spacial score (nSPS) is 13.7. The third-order valence-electron chi connectivity index (χ3n) is 7.95. The summed E-state index contributed by atoms with van der Waals surface area (Å²) in [5.74, 6) is 0.434. The maximum absolute atomic E-state index is 12.8. The van der Waals surface area contributed by atoms with Gasteiger partial charge in [-0.15, -0.1) is 11.3 Å². The number of hydrogen-bond acceptors (Lipinski definition) is 8. The van der Waals surface area contributed by atoms with Crippen LogP contribution in [0, 0.1) is 0 Å². The average molecular weight is 629 g/mol. The molecule has 1 aliphatic heterocycles. The van der Waals surface area contributed by atoms with Gasteiger partial charge in [0.15, 0.2) is 4.96 Å². The Morgan fingerprint density at radius 1 is 0.935 bits per heavy atom. The van der Waals surface area contributed by atoms with Gasteiger partial charge in [-0.25, -0.2) is 15.0 Å². The van der Waals surface area contributed by atoms with E-state index in [2.05, 4.69) is 27.4 Å². The van der Waals surface area contributed by atoms with Gasteiger partial charge in [0, 0.05) is 53.5 Å². The maximum Gasteiger partial charge on any atom is 0.241 e. The van der Waals surface area contributed by atoms with E-state index in [0.717, 1.165) is 51.9 Å². The first kappa shape index (κ1) is 29.3. The van der Waals surface area contributed by atoms with Gasteiger partial charge in [0.1, 0.15) is 5.69 Å². The molecule has 1 fully saturated rings. The molecule has 0 radical (unpaired) electrons. The van der Waals surface area contributed by atoms with Gasteiger partial charge < -0.3 is 15.5 Å². The van der Waals surface area contributed by atoms with Gasteiger partial charge in [-0.3, -0.25) is 18.9 Å². The van der Waals surface area contributed by atoms with Gasteiger partial charge in [0.25, 0.3) is 0 Å². The van der Waals surface area contributed by atoms with Crippen molar-refractivity contribution in [1.29, 1.82) is 0 Å². The number of aromatic nitrogens is 4. The van der Waals surface area contributed by atoms with Gasteiger partial charge >= 0.3 is 0 Å². The van der Waals surface area contributed by atoms with E-state index >= 15 is 0 Å². The molecule has 0 unspecified atom stereocenters. The second kappa shape index (κ2) is 12.9. The maximum atomic E-state index is 12.8. The van der Waals surface area contributed by atoms with Crippen LogP contribution in [0.25, 0.3) is 27.6 Å². The van der Waals surface area contributed by atoms with Crippen molar-refractivity contribution in [2.75, 3.05) is 41.7 Å². The van der Waals surface area contributed by atoms with Crippen molar-refractivity contribution in [3.8, 4) is 22.6 Å². The van der Waals surface area contributed by atoms with Crippen molar-refractivity contribution < 1.29 is 9.59 Å². The van der Waals surface area contributed by atoms with E-state index in [0.29, 0.717) is 36.8 Å². The molecule has 1 aliphatic rings. The van der Waals surface area contributed by atoms with E-state index in [9.17, 15) is 9.59 Å². The van der Waals surface area contributed by atoms with E-state index < -0.39 is 0 Å². The number of likely N-dealkylation sites (N-methyl/N-ethyl adjacent to an activating group) is 1. The molecule has 1 saturated heterocycles. The fourth-order valence-corrected chi connectivity index (χ4v) is 6.37. The number of nitrogens with zero attached hydrogens (tertiary/aromatic N) is 6. The van der Waals surface area contributed by atoms with Gasteiger partial charge in [0.05, 0.1) is 24.4 Å². The fraction of sp³-hybridized carbons (Fsp3) is 0.171. The molecule has 46 heavy (non-hydrogen) atoms. The smallest absolute Gasteiger partial charge is 0.241 e. The number of imidazole rings is 1. The van der Waals surface area contributed by atoms with Gasteiger partial charge in [-0.1, -0.05) is 55.5 Å². The SMILES string of the molecule is CCN1CCN(c2cccc(Nc3nccc(-c4c(-c5cccc(NC(=O)Cc6ccccc6)c5)nc5sccn45)n3)c2)C(=O)C1. The van der Waals surface area contributed by atoms with E-state index in [1.807, 2.05) is 106 Å². The van der Waals surface area contributed by atoms with Crippen molar-refractivity contribution in [2.24, 2.45) is 0 Å². The van der Waals surface area contributed by atoms with Crippen LogP contribution in [0.5, 0.6) is 0 Å². The minimum absolute atomic E-state index is 0.0856. The van der Waals surface area contributed by atoms with Crippen molar-refractivity contribution in [2.45, 2.75) is 13.3 Å². The van der Waals surface area contributed by atoms with E-state index in [-0.39, 0.29) is 11.8 Å². The number of hydrogen-bond donors (Lipinski definition) is 2. The van der Waals surface area contributed by atoms with E-state index in [1.165, 1.54) is 11.3 Å². The van der Waals surface area contributed by atoms with Crippen molar-refractivity contribution in [3.63, 3.8) is 0 Å². The number of thiazole rings is 1. The van der Waals surface area contributed by atoms with Crippen LogP contribution >= 0.6 is 11.3 Å². The number of amides is 2. The Balaban J connectivity index is 1.15. The van der Waals surface area contributed by atoms with Crippen LogP contribution in [-0.4, -0.2) is 62.2 Å². The van der Waals surface area contributed by atoms with Crippen molar-refractivity contribution in [3.05, 3.63) is 108 Å². The Morgan fingerprint density at radius 2 is 1.78 bits per heavy atom. The number of nitrogens with one attached hydrogen (secondary N) is 2.